The predicted octanol–water partition coefficient (Wildman–Crippen LogP) is -0.294. The van der Waals surface area contributed by atoms with E-state index >= 15 is 0 Å². The predicted molar refractivity (Wildman–Crippen MR) is 187 cm³/mol. The first-order valence-electron chi connectivity index (χ1n) is 17.5. The first-order chi connectivity index (χ1) is 26.4. The molecule has 2 saturated heterocycles. The summed E-state index contributed by atoms with van der Waals surface area (Å²) in [5, 5.41) is 103. The standard InChI is InChI=1S/C37H41NO18/c1-13(2)3-5-16-7-14(12-38-16)8-17-22(11-23-24(25(17)42)20(41)10-21(52-23)15-4-6-18(39)19(40)9-15)53-36-30(47)27(44)29(46)33(55-36)35(51)56-37-31(48)26(43)28(45)32(54-37)34(49)50/h4,6-7,9-13,26-33,36-40,42-48H,3,5,8H2,1-2H3,(H,49,50). The zero-order valence-electron chi connectivity index (χ0n) is 29.8. The van der Waals surface area contributed by atoms with Crippen molar-refractivity contribution in [2.75, 3.05) is 0 Å². The number of phenols is 3. The Labute approximate surface area is 316 Å². The van der Waals surface area contributed by atoms with Crippen molar-refractivity contribution in [3.63, 3.8) is 0 Å². The second kappa shape index (κ2) is 16.1. The molecule has 19 nitrogen and oxygen atoms in total. The Bertz CT molecular complexity index is 2150. The first kappa shape index (κ1) is 40.4. The van der Waals surface area contributed by atoms with E-state index in [2.05, 4.69) is 18.8 Å². The van der Waals surface area contributed by atoms with E-state index < -0.39 is 96.0 Å². The fraction of sp³-hybridized carbons (Fsp3) is 0.432. The van der Waals surface area contributed by atoms with E-state index in [-0.39, 0.29) is 40.0 Å². The van der Waals surface area contributed by atoms with Crippen LogP contribution >= 0.6 is 0 Å². The second-order valence-electron chi connectivity index (χ2n) is 14.1. The lowest BCUT2D eigenvalue weighted by Gasteiger charge is -2.41. The van der Waals surface area contributed by atoms with Crippen LogP contribution in [0.4, 0.5) is 0 Å². The van der Waals surface area contributed by atoms with Gasteiger partial charge in [-0.1, -0.05) is 13.8 Å². The number of esters is 1. The SMILES string of the molecule is CC(C)CCc1cc(Cc2c(OC3OC(C(=O)OC4OC(C(=O)O)C(O)C(O)C4O)C(O)C(O)C3O)cc3oc(-c4ccc(O)c(O)c4)cc(=O)c3c2O)c[nH]1. The molecule has 0 bridgehead atoms. The van der Waals surface area contributed by atoms with Crippen LogP contribution in [0.25, 0.3) is 22.3 Å². The van der Waals surface area contributed by atoms with Crippen molar-refractivity contribution < 1.29 is 84.0 Å². The lowest BCUT2D eigenvalue weighted by Crippen LogP contribution is -2.63. The Hall–Kier alpha value is -5.25. The normalized spacial score (nSPS) is 28.0. The summed E-state index contributed by atoms with van der Waals surface area (Å²) < 4.78 is 27.4. The van der Waals surface area contributed by atoms with Crippen LogP contribution in [0.3, 0.4) is 0 Å². The number of aromatic amines is 1. The Balaban J connectivity index is 1.36. The molecule has 0 saturated carbocycles. The molecule has 2 aliphatic rings. The first-order valence-corrected chi connectivity index (χ1v) is 17.5. The van der Waals surface area contributed by atoms with Gasteiger partial charge in [0, 0.05) is 41.6 Å². The van der Waals surface area contributed by atoms with E-state index in [9.17, 15) is 65.4 Å². The highest BCUT2D eigenvalue weighted by Crippen LogP contribution is 2.40. The third kappa shape index (κ3) is 8.02. The number of aliphatic hydroxyl groups is 6. The lowest BCUT2D eigenvalue weighted by atomic mass is 9.97. The number of aromatic hydroxyl groups is 3. The minimum absolute atomic E-state index is 0.0317. The molecule has 2 aromatic heterocycles. The van der Waals surface area contributed by atoms with Crippen molar-refractivity contribution in [3.05, 3.63) is 69.6 Å². The average molecular weight is 788 g/mol. The molecule has 2 aliphatic heterocycles. The fourth-order valence-corrected chi connectivity index (χ4v) is 6.40. The summed E-state index contributed by atoms with van der Waals surface area (Å²) in [5.41, 5.74) is 0.670. The van der Waals surface area contributed by atoms with Crippen LogP contribution in [0, 0.1) is 5.92 Å². The van der Waals surface area contributed by atoms with E-state index in [1.165, 1.54) is 12.1 Å². The number of carboxylic acids is 1. The van der Waals surface area contributed by atoms with Crippen molar-refractivity contribution in [1.82, 2.24) is 4.98 Å². The summed E-state index contributed by atoms with van der Waals surface area (Å²) in [6, 6.07) is 7.72. The molecule has 0 spiro atoms. The largest absolute Gasteiger partial charge is 0.507 e. The number of aryl methyl sites for hydroxylation is 1. The number of ether oxygens (including phenoxy) is 4. The highest BCUT2D eigenvalue weighted by Gasteiger charge is 2.52. The van der Waals surface area contributed by atoms with Gasteiger partial charge in [0.15, 0.2) is 29.1 Å². The van der Waals surface area contributed by atoms with Crippen LogP contribution in [0.1, 0.15) is 37.1 Å². The summed E-state index contributed by atoms with van der Waals surface area (Å²) in [7, 11) is 0. The molecule has 2 aromatic carbocycles. The summed E-state index contributed by atoms with van der Waals surface area (Å²) in [6.07, 6.45) is -18.3. The van der Waals surface area contributed by atoms with E-state index in [4.69, 9.17) is 23.4 Å². The average Bonchev–Trinajstić information content (AvgIpc) is 3.60. The third-order valence-corrected chi connectivity index (χ3v) is 9.58. The number of benzene rings is 2. The molecule has 0 radical (unpaired) electrons. The number of nitrogens with one attached hydrogen (secondary N) is 1. The molecule has 11 N–H and O–H groups in total. The Morgan fingerprint density at radius 3 is 2.14 bits per heavy atom. The maximum absolute atomic E-state index is 13.5. The topological polar surface area (TPSA) is 319 Å². The van der Waals surface area contributed by atoms with Gasteiger partial charge in [-0.3, -0.25) is 4.79 Å². The summed E-state index contributed by atoms with van der Waals surface area (Å²) >= 11 is 0. The quantitative estimate of drug-likeness (QED) is 0.0687. The number of phenolic OH excluding ortho intramolecular Hbond substituents is 3. The number of fused-ring (bicyclic) bond motifs is 1. The number of H-pyrrole nitrogens is 1. The monoisotopic (exact) mass is 787 g/mol. The molecule has 56 heavy (non-hydrogen) atoms. The van der Waals surface area contributed by atoms with Crippen molar-refractivity contribution in [2.24, 2.45) is 5.92 Å². The number of hydrogen-bond donors (Lipinski definition) is 11. The minimum Gasteiger partial charge on any atom is -0.507 e. The van der Waals surface area contributed by atoms with Crippen molar-refractivity contribution in [2.45, 2.75) is 94.5 Å². The molecule has 0 amide bonds. The number of rotatable bonds is 11. The maximum Gasteiger partial charge on any atom is 0.340 e. The molecule has 4 heterocycles. The molecule has 10 unspecified atom stereocenters. The van der Waals surface area contributed by atoms with E-state index in [0.29, 0.717) is 17.9 Å². The number of carbonyl (C=O) groups is 2. The van der Waals surface area contributed by atoms with Gasteiger partial charge in [-0.05, 0) is 48.6 Å². The second-order valence-corrected chi connectivity index (χ2v) is 14.1. The minimum atomic E-state index is -2.21. The van der Waals surface area contributed by atoms with Crippen molar-refractivity contribution in [3.8, 4) is 34.3 Å². The Morgan fingerprint density at radius 2 is 1.48 bits per heavy atom. The number of aliphatic carboxylic acids is 1. The zero-order chi connectivity index (χ0) is 40.7. The summed E-state index contributed by atoms with van der Waals surface area (Å²) in [6.45, 7) is 4.14. The molecule has 6 rings (SSSR count). The van der Waals surface area contributed by atoms with Gasteiger partial charge in [0.05, 0.1) is 0 Å². The van der Waals surface area contributed by atoms with Gasteiger partial charge in [-0.2, -0.15) is 0 Å². The van der Waals surface area contributed by atoms with Gasteiger partial charge in [-0.25, -0.2) is 9.59 Å². The highest BCUT2D eigenvalue weighted by atomic mass is 16.7. The van der Waals surface area contributed by atoms with Gasteiger partial charge in [0.25, 0.3) is 0 Å². The van der Waals surface area contributed by atoms with Crippen LogP contribution < -0.4 is 10.2 Å². The van der Waals surface area contributed by atoms with Gasteiger partial charge in [0.1, 0.15) is 64.9 Å². The maximum atomic E-state index is 13.5. The smallest absolute Gasteiger partial charge is 0.340 e. The molecular weight excluding hydrogens is 746 g/mol. The Morgan fingerprint density at radius 1 is 0.821 bits per heavy atom. The van der Waals surface area contributed by atoms with Crippen molar-refractivity contribution >= 4 is 22.9 Å². The molecular formula is C37H41NO18. The van der Waals surface area contributed by atoms with Gasteiger partial charge in [-0.15, -0.1) is 0 Å². The Kier molecular flexibility index (Phi) is 11.6. The van der Waals surface area contributed by atoms with E-state index in [1.54, 1.807) is 6.20 Å². The van der Waals surface area contributed by atoms with Crippen LogP contribution in [0.5, 0.6) is 23.0 Å². The number of aliphatic hydroxyl groups excluding tert-OH is 6. The third-order valence-electron chi connectivity index (χ3n) is 9.58. The van der Waals surface area contributed by atoms with E-state index in [1.807, 2.05) is 6.07 Å². The van der Waals surface area contributed by atoms with Crippen LogP contribution in [0.15, 0.2) is 51.8 Å². The molecule has 10 atom stereocenters. The fourth-order valence-electron chi connectivity index (χ4n) is 6.40. The zero-order valence-corrected chi connectivity index (χ0v) is 29.8. The number of hydrogen-bond acceptors (Lipinski definition) is 17. The van der Waals surface area contributed by atoms with Crippen molar-refractivity contribution in [1.29, 1.82) is 0 Å². The molecule has 302 valence electrons. The van der Waals surface area contributed by atoms with Gasteiger partial charge in [0.2, 0.25) is 12.6 Å². The number of carboxylic acid groups (broad SMARTS) is 1. The van der Waals surface area contributed by atoms with Crippen LogP contribution in [-0.2, 0) is 36.6 Å². The van der Waals surface area contributed by atoms with Gasteiger partial charge >= 0.3 is 11.9 Å². The lowest BCUT2D eigenvalue weighted by molar-refractivity contribution is -0.302. The summed E-state index contributed by atoms with van der Waals surface area (Å²) in [5.74, 6) is -4.86. The molecule has 0 aliphatic carbocycles. The number of carbonyl (C=O) groups excluding carboxylic acids is 1. The highest BCUT2D eigenvalue weighted by molar-refractivity contribution is 5.88. The van der Waals surface area contributed by atoms with Crippen LogP contribution in [0.2, 0.25) is 0 Å². The number of aromatic nitrogens is 1. The van der Waals surface area contributed by atoms with Crippen LogP contribution in [-0.4, -0.2) is 129 Å². The summed E-state index contributed by atoms with van der Waals surface area (Å²) in [4.78, 5) is 41.4. The molecule has 4 aromatic rings. The van der Waals surface area contributed by atoms with Gasteiger partial charge < -0.3 is 79.4 Å². The molecule has 2 fully saturated rings. The molecule has 19 heteroatoms. The van der Waals surface area contributed by atoms with E-state index in [0.717, 1.165) is 30.3 Å².